The Morgan fingerprint density at radius 1 is 0.323 bits per heavy atom. The molecule has 13 rings (SSSR count). The smallest absolute Gasteiger partial charge is 0.0541 e. The zero-order chi connectivity index (χ0) is 43.2. The van der Waals surface area contributed by atoms with Crippen molar-refractivity contribution in [1.29, 1.82) is 0 Å². The fraction of sp³-hybridized carbons (Fsp3) is 0.0476. The topological polar surface area (TPSA) is 9.86 Å². The first-order valence-electron chi connectivity index (χ1n) is 22.7. The molecule has 0 saturated heterocycles. The van der Waals surface area contributed by atoms with Crippen molar-refractivity contribution in [2.24, 2.45) is 0 Å². The SMILES string of the molecule is CC1(C)c2cc(-c3ccc(/C=C/c4ccc5c(c4)c4ccccc4n5-c4ccccc4)cc3)ccc2-c2ccc(-c3ccc4c(c3)c3ccccc3n4-c3ccc4ccccc4c3)cc21. The highest BCUT2D eigenvalue weighted by Gasteiger charge is 2.36. The predicted octanol–water partition coefficient (Wildman–Crippen LogP) is 16.8. The molecule has 2 aromatic heterocycles. The number of hydrogen-bond acceptors (Lipinski definition) is 0. The van der Waals surface area contributed by atoms with Crippen molar-refractivity contribution in [2.45, 2.75) is 19.3 Å². The second-order valence-corrected chi connectivity index (χ2v) is 18.2. The highest BCUT2D eigenvalue weighted by atomic mass is 15.0. The minimum Gasteiger partial charge on any atom is -0.309 e. The summed E-state index contributed by atoms with van der Waals surface area (Å²) in [6, 6.07) is 80.5. The van der Waals surface area contributed by atoms with Gasteiger partial charge >= 0.3 is 0 Å². The maximum absolute atomic E-state index is 2.44. The van der Waals surface area contributed by atoms with Gasteiger partial charge in [-0.2, -0.15) is 0 Å². The van der Waals surface area contributed by atoms with E-state index in [1.165, 1.54) is 121 Å². The summed E-state index contributed by atoms with van der Waals surface area (Å²) in [6.45, 7) is 4.77. The summed E-state index contributed by atoms with van der Waals surface area (Å²) in [5.41, 5.74) is 19.8. The highest BCUT2D eigenvalue weighted by Crippen LogP contribution is 2.51. The first-order chi connectivity index (χ1) is 32.0. The summed E-state index contributed by atoms with van der Waals surface area (Å²) < 4.78 is 4.78. The van der Waals surface area contributed by atoms with Gasteiger partial charge in [0.2, 0.25) is 0 Å². The molecule has 0 bridgehead atoms. The summed E-state index contributed by atoms with van der Waals surface area (Å²) >= 11 is 0. The van der Waals surface area contributed by atoms with Crippen molar-refractivity contribution in [1.82, 2.24) is 9.13 Å². The number of rotatable bonds is 6. The summed E-state index contributed by atoms with van der Waals surface area (Å²) in [5.74, 6) is 0. The number of hydrogen-bond donors (Lipinski definition) is 0. The molecule has 0 atom stereocenters. The molecule has 306 valence electrons. The normalized spacial score (nSPS) is 13.1. The molecule has 2 heterocycles. The van der Waals surface area contributed by atoms with Crippen molar-refractivity contribution < 1.29 is 0 Å². The van der Waals surface area contributed by atoms with Gasteiger partial charge in [-0.3, -0.25) is 0 Å². The molecule has 2 nitrogen and oxygen atoms in total. The van der Waals surface area contributed by atoms with Crippen LogP contribution in [-0.4, -0.2) is 9.13 Å². The molecule has 2 heteroatoms. The van der Waals surface area contributed by atoms with Crippen molar-refractivity contribution >= 4 is 66.5 Å². The molecule has 65 heavy (non-hydrogen) atoms. The molecule has 0 radical (unpaired) electrons. The van der Waals surface area contributed by atoms with E-state index in [1.807, 2.05) is 0 Å². The molecule has 0 amide bonds. The van der Waals surface area contributed by atoms with Crippen LogP contribution in [0, 0.1) is 0 Å². The van der Waals surface area contributed by atoms with Gasteiger partial charge in [-0.05, 0) is 139 Å². The number of aromatic nitrogens is 2. The van der Waals surface area contributed by atoms with Gasteiger partial charge in [0, 0.05) is 38.3 Å². The zero-order valence-electron chi connectivity index (χ0n) is 36.3. The summed E-state index contributed by atoms with van der Waals surface area (Å²) in [5, 5.41) is 7.57. The van der Waals surface area contributed by atoms with Crippen LogP contribution in [0.15, 0.2) is 218 Å². The second-order valence-electron chi connectivity index (χ2n) is 18.2. The lowest BCUT2D eigenvalue weighted by atomic mass is 9.81. The third-order valence-corrected chi connectivity index (χ3v) is 14.1. The summed E-state index contributed by atoms with van der Waals surface area (Å²) in [7, 11) is 0. The maximum atomic E-state index is 2.44. The Kier molecular flexibility index (Phi) is 8.29. The molecule has 12 aromatic rings. The van der Waals surface area contributed by atoms with Crippen LogP contribution < -0.4 is 0 Å². The molecule has 0 aliphatic heterocycles. The Morgan fingerprint density at radius 3 is 1.52 bits per heavy atom. The van der Waals surface area contributed by atoms with Crippen molar-refractivity contribution in [3.63, 3.8) is 0 Å². The van der Waals surface area contributed by atoms with Gasteiger partial charge in [0.25, 0.3) is 0 Å². The van der Waals surface area contributed by atoms with E-state index in [0.717, 1.165) is 0 Å². The lowest BCUT2D eigenvalue weighted by Crippen LogP contribution is -2.15. The molecule has 1 aliphatic carbocycles. The highest BCUT2D eigenvalue weighted by molar-refractivity contribution is 6.11. The molecular formula is C63H44N2. The number of nitrogens with zero attached hydrogens (tertiary/aromatic N) is 2. The van der Waals surface area contributed by atoms with Crippen molar-refractivity contribution in [3.05, 3.63) is 241 Å². The molecule has 0 spiro atoms. The summed E-state index contributed by atoms with van der Waals surface area (Å²) in [6.07, 6.45) is 4.46. The maximum Gasteiger partial charge on any atom is 0.0541 e. The minimum absolute atomic E-state index is 0.149. The molecule has 0 fully saturated rings. The van der Waals surface area contributed by atoms with Crippen LogP contribution in [0.1, 0.15) is 36.1 Å². The van der Waals surface area contributed by atoms with E-state index in [2.05, 4.69) is 254 Å². The third-order valence-electron chi connectivity index (χ3n) is 14.1. The molecular weight excluding hydrogens is 785 g/mol. The minimum atomic E-state index is -0.149. The quantitative estimate of drug-likeness (QED) is 0.148. The van der Waals surface area contributed by atoms with E-state index >= 15 is 0 Å². The van der Waals surface area contributed by atoms with Gasteiger partial charge in [-0.25, -0.2) is 0 Å². The van der Waals surface area contributed by atoms with Gasteiger partial charge in [0.15, 0.2) is 0 Å². The van der Waals surface area contributed by atoms with Gasteiger partial charge in [-0.15, -0.1) is 0 Å². The van der Waals surface area contributed by atoms with Crippen LogP contribution in [0.4, 0.5) is 0 Å². The largest absolute Gasteiger partial charge is 0.309 e. The molecule has 10 aromatic carbocycles. The van der Waals surface area contributed by atoms with Crippen LogP contribution in [0.3, 0.4) is 0 Å². The Morgan fingerprint density at radius 2 is 0.815 bits per heavy atom. The average molecular weight is 829 g/mol. The predicted molar refractivity (Wildman–Crippen MR) is 276 cm³/mol. The molecule has 1 aliphatic rings. The van der Waals surface area contributed by atoms with Crippen LogP contribution in [0.2, 0.25) is 0 Å². The number of benzene rings is 10. The standard InChI is InChI=1S/C63H44N2/c1-63(2)57-39-47(44-25-22-41(23-26-44)20-21-42-24-34-61-55(36-42)53-16-8-10-18-59(53)64(61)49-14-4-3-5-15-49)28-32-51(57)52-33-29-48(40-58(52)63)46-30-35-62-56(38-46)54-17-9-11-19-60(54)65(62)50-31-27-43-12-6-7-13-45(43)37-50/h3-40H,1-2H3/b21-20+. The Labute approximate surface area is 378 Å². The van der Waals surface area contributed by atoms with Gasteiger partial charge in [-0.1, -0.05) is 172 Å². The molecule has 0 N–H and O–H groups in total. The van der Waals surface area contributed by atoms with E-state index in [-0.39, 0.29) is 5.41 Å². The van der Waals surface area contributed by atoms with Gasteiger partial charge in [0.1, 0.15) is 0 Å². The lowest BCUT2D eigenvalue weighted by molar-refractivity contribution is 0.661. The van der Waals surface area contributed by atoms with Gasteiger partial charge < -0.3 is 9.13 Å². The first kappa shape index (κ1) is 37.4. The van der Waals surface area contributed by atoms with Crippen LogP contribution >= 0.6 is 0 Å². The Bertz CT molecular complexity index is 3890. The fourth-order valence-electron chi connectivity index (χ4n) is 10.8. The molecule has 0 unspecified atom stereocenters. The first-order valence-corrected chi connectivity index (χ1v) is 22.7. The second kappa shape index (κ2) is 14.4. The van der Waals surface area contributed by atoms with Crippen molar-refractivity contribution in [3.8, 4) is 44.8 Å². The van der Waals surface area contributed by atoms with E-state index in [0.29, 0.717) is 0 Å². The van der Waals surface area contributed by atoms with Crippen LogP contribution in [0.25, 0.3) is 111 Å². The molecule has 0 saturated carbocycles. The van der Waals surface area contributed by atoms with E-state index in [1.54, 1.807) is 0 Å². The van der Waals surface area contributed by atoms with Crippen LogP contribution in [0.5, 0.6) is 0 Å². The fourth-order valence-corrected chi connectivity index (χ4v) is 10.8. The van der Waals surface area contributed by atoms with Crippen molar-refractivity contribution in [2.75, 3.05) is 0 Å². The Hall–Kier alpha value is -8.20. The van der Waals surface area contributed by atoms with Crippen LogP contribution in [-0.2, 0) is 5.41 Å². The monoisotopic (exact) mass is 828 g/mol. The summed E-state index contributed by atoms with van der Waals surface area (Å²) in [4.78, 5) is 0. The zero-order valence-corrected chi connectivity index (χ0v) is 36.3. The van der Waals surface area contributed by atoms with E-state index in [9.17, 15) is 0 Å². The number of fused-ring (bicyclic) bond motifs is 10. The van der Waals surface area contributed by atoms with E-state index < -0.39 is 0 Å². The lowest BCUT2D eigenvalue weighted by Gasteiger charge is -2.22. The van der Waals surface area contributed by atoms with E-state index in [4.69, 9.17) is 0 Å². The average Bonchev–Trinajstić information content (AvgIpc) is 3.95. The third kappa shape index (κ3) is 5.95. The van der Waals surface area contributed by atoms with Gasteiger partial charge in [0.05, 0.1) is 22.1 Å². The number of para-hydroxylation sites is 3. The Balaban J connectivity index is 0.786.